The van der Waals surface area contributed by atoms with Crippen LogP contribution in [0.4, 0.5) is 22.1 Å². The molecule has 3 heterocycles. The average Bonchev–Trinajstić information content (AvgIpc) is 3.00. The molecule has 0 bridgehead atoms. The first kappa shape index (κ1) is 33.0. The Labute approximate surface area is 262 Å². The molecule has 0 radical (unpaired) electrons. The van der Waals surface area contributed by atoms with Crippen LogP contribution < -0.4 is 15.5 Å². The fourth-order valence-corrected chi connectivity index (χ4v) is 6.01. The van der Waals surface area contributed by atoms with Crippen molar-refractivity contribution >= 4 is 29.3 Å². The second kappa shape index (κ2) is 14.3. The van der Waals surface area contributed by atoms with Crippen molar-refractivity contribution in [3.05, 3.63) is 41.7 Å². The number of nitrogens with zero attached hydrogens (tertiary/aromatic N) is 5. The van der Waals surface area contributed by atoms with Gasteiger partial charge in [-0.15, -0.1) is 0 Å². The maximum Gasteiger partial charge on any atom is 0.410 e. The smallest absolute Gasteiger partial charge is 0.410 e. The standard InChI is InChI=1S/C34H49N7O3/c1-7-9-24(2)31(42)37-21-25-10-8-17-41(23-25)29-22-36-28(20-35)30(39-29)38-27-13-11-26(12-14-27)34(6)15-18-40(19-16-34)32(43)44-33(3,4)5/h11-14,22,24-25H,7-10,15-19,21,23H2,1-6H3,(H,37,42)(H,38,39). The second-order valence-electron chi connectivity index (χ2n) is 13.7. The van der Waals surface area contributed by atoms with Crippen molar-refractivity contribution in [2.45, 2.75) is 91.1 Å². The number of benzene rings is 1. The Balaban J connectivity index is 1.38. The Bertz CT molecular complexity index is 1320. The molecule has 0 spiro atoms. The maximum atomic E-state index is 12.5. The Hall–Kier alpha value is -3.87. The largest absolute Gasteiger partial charge is 0.444 e. The molecule has 238 valence electrons. The summed E-state index contributed by atoms with van der Waals surface area (Å²) >= 11 is 0. The van der Waals surface area contributed by atoms with Gasteiger partial charge in [0.2, 0.25) is 5.91 Å². The maximum absolute atomic E-state index is 12.5. The van der Waals surface area contributed by atoms with Crippen LogP contribution in [0, 0.1) is 23.2 Å². The van der Waals surface area contributed by atoms with Crippen LogP contribution in [-0.2, 0) is 14.9 Å². The van der Waals surface area contributed by atoms with Gasteiger partial charge in [0, 0.05) is 44.3 Å². The number of hydrogen-bond acceptors (Lipinski definition) is 8. The average molecular weight is 604 g/mol. The highest BCUT2D eigenvalue weighted by molar-refractivity contribution is 5.78. The predicted octanol–water partition coefficient (Wildman–Crippen LogP) is 6.15. The van der Waals surface area contributed by atoms with Crippen molar-refractivity contribution in [3.8, 4) is 6.07 Å². The summed E-state index contributed by atoms with van der Waals surface area (Å²) in [5, 5.41) is 16.2. The van der Waals surface area contributed by atoms with Gasteiger partial charge in [-0.25, -0.2) is 14.8 Å². The number of ether oxygens (including phenoxy) is 1. The van der Waals surface area contributed by atoms with E-state index in [1.807, 2.05) is 39.8 Å². The quantitative estimate of drug-likeness (QED) is 0.350. The molecule has 10 heteroatoms. The normalized spacial score (nSPS) is 19.1. The molecular formula is C34H49N7O3. The number of nitriles is 1. The number of carbonyl (C=O) groups is 2. The van der Waals surface area contributed by atoms with Crippen LogP contribution in [0.15, 0.2) is 30.5 Å². The van der Waals surface area contributed by atoms with Crippen LogP contribution in [0.1, 0.15) is 91.3 Å². The lowest BCUT2D eigenvalue weighted by molar-refractivity contribution is -0.124. The zero-order valence-corrected chi connectivity index (χ0v) is 27.3. The molecule has 2 aliphatic heterocycles. The predicted molar refractivity (Wildman–Crippen MR) is 173 cm³/mol. The molecule has 2 unspecified atom stereocenters. The van der Waals surface area contributed by atoms with E-state index in [0.717, 1.165) is 63.1 Å². The van der Waals surface area contributed by atoms with E-state index in [0.29, 0.717) is 31.4 Å². The summed E-state index contributed by atoms with van der Waals surface area (Å²) in [6.45, 7) is 15.6. The van der Waals surface area contributed by atoms with Crippen LogP contribution in [0.2, 0.25) is 0 Å². The highest BCUT2D eigenvalue weighted by Crippen LogP contribution is 2.36. The molecule has 0 saturated carbocycles. The van der Waals surface area contributed by atoms with Gasteiger partial charge in [-0.05, 0) is 81.9 Å². The van der Waals surface area contributed by atoms with Gasteiger partial charge in [0.05, 0.1) is 6.20 Å². The van der Waals surface area contributed by atoms with Gasteiger partial charge in [0.25, 0.3) is 0 Å². The van der Waals surface area contributed by atoms with E-state index >= 15 is 0 Å². The second-order valence-corrected chi connectivity index (χ2v) is 13.7. The molecule has 2 fully saturated rings. The highest BCUT2D eigenvalue weighted by atomic mass is 16.6. The first-order valence-corrected chi connectivity index (χ1v) is 16.1. The number of likely N-dealkylation sites (tertiary alicyclic amines) is 1. The highest BCUT2D eigenvalue weighted by Gasteiger charge is 2.35. The Morgan fingerprint density at radius 1 is 1.18 bits per heavy atom. The van der Waals surface area contributed by atoms with E-state index in [9.17, 15) is 14.9 Å². The fourth-order valence-electron chi connectivity index (χ4n) is 6.01. The van der Waals surface area contributed by atoms with Crippen LogP contribution in [0.5, 0.6) is 0 Å². The van der Waals surface area contributed by atoms with Crippen LogP contribution in [-0.4, -0.2) is 65.2 Å². The van der Waals surface area contributed by atoms with Gasteiger partial charge >= 0.3 is 6.09 Å². The molecule has 2 aromatic rings. The summed E-state index contributed by atoms with van der Waals surface area (Å²) in [6.07, 6.45) is 7.08. The van der Waals surface area contributed by atoms with Crippen molar-refractivity contribution < 1.29 is 14.3 Å². The Morgan fingerprint density at radius 3 is 2.52 bits per heavy atom. The molecule has 2 aliphatic rings. The molecule has 10 nitrogen and oxygen atoms in total. The van der Waals surface area contributed by atoms with Crippen LogP contribution in [0.3, 0.4) is 0 Å². The number of aromatic nitrogens is 2. The SMILES string of the molecule is CCCC(C)C(=O)NCC1CCCN(c2cnc(C#N)c(Nc3ccc(C4(C)CCN(C(=O)OC(C)(C)C)CC4)cc3)n2)C1. The van der Waals surface area contributed by atoms with Crippen molar-refractivity contribution in [1.29, 1.82) is 5.26 Å². The van der Waals surface area contributed by atoms with Gasteiger partial charge in [0.15, 0.2) is 11.5 Å². The zero-order valence-electron chi connectivity index (χ0n) is 27.3. The van der Waals surface area contributed by atoms with E-state index < -0.39 is 5.60 Å². The van der Waals surface area contributed by atoms with Gasteiger partial charge in [0.1, 0.15) is 17.5 Å². The van der Waals surface area contributed by atoms with Crippen molar-refractivity contribution in [2.75, 3.05) is 42.9 Å². The molecule has 4 rings (SSSR count). The molecule has 0 aliphatic carbocycles. The van der Waals surface area contributed by atoms with Gasteiger partial charge in [-0.1, -0.05) is 39.3 Å². The summed E-state index contributed by atoms with van der Waals surface area (Å²) < 4.78 is 5.56. The number of rotatable bonds is 9. The fraction of sp³-hybridized carbons (Fsp3) is 0.618. The van der Waals surface area contributed by atoms with E-state index in [1.165, 1.54) is 5.56 Å². The number of anilines is 3. The minimum atomic E-state index is -0.502. The van der Waals surface area contributed by atoms with Crippen molar-refractivity contribution in [1.82, 2.24) is 20.2 Å². The molecule has 2 saturated heterocycles. The summed E-state index contributed by atoms with van der Waals surface area (Å²) in [5.74, 6) is 1.65. The van der Waals surface area contributed by atoms with Gasteiger partial charge in [-0.2, -0.15) is 5.26 Å². The number of piperidine rings is 2. The molecule has 2 amide bonds. The lowest BCUT2D eigenvalue weighted by atomic mass is 9.74. The lowest BCUT2D eigenvalue weighted by Gasteiger charge is -2.40. The summed E-state index contributed by atoms with van der Waals surface area (Å²) in [5.41, 5.74) is 1.73. The van der Waals surface area contributed by atoms with E-state index in [4.69, 9.17) is 9.72 Å². The molecule has 1 aromatic heterocycles. The topological polar surface area (TPSA) is 123 Å². The van der Waals surface area contributed by atoms with E-state index in [2.05, 4.69) is 52.6 Å². The third-order valence-electron chi connectivity index (χ3n) is 8.81. The third kappa shape index (κ3) is 8.61. The van der Waals surface area contributed by atoms with Gasteiger partial charge in [-0.3, -0.25) is 4.79 Å². The first-order valence-electron chi connectivity index (χ1n) is 16.1. The molecule has 2 N–H and O–H groups in total. The van der Waals surface area contributed by atoms with Crippen molar-refractivity contribution in [2.24, 2.45) is 11.8 Å². The van der Waals surface area contributed by atoms with E-state index in [1.54, 1.807) is 11.1 Å². The van der Waals surface area contributed by atoms with Crippen LogP contribution in [0.25, 0.3) is 0 Å². The monoisotopic (exact) mass is 603 g/mol. The molecule has 44 heavy (non-hydrogen) atoms. The number of hydrogen-bond donors (Lipinski definition) is 2. The molecule has 2 atom stereocenters. The number of carbonyl (C=O) groups excluding carboxylic acids is 2. The van der Waals surface area contributed by atoms with Crippen molar-refractivity contribution in [3.63, 3.8) is 0 Å². The minimum absolute atomic E-state index is 0.0341. The third-order valence-corrected chi connectivity index (χ3v) is 8.81. The van der Waals surface area contributed by atoms with E-state index in [-0.39, 0.29) is 29.0 Å². The zero-order chi connectivity index (χ0) is 31.9. The lowest BCUT2D eigenvalue weighted by Crippen LogP contribution is -2.45. The first-order chi connectivity index (χ1) is 20.9. The van der Waals surface area contributed by atoms with Gasteiger partial charge < -0.3 is 25.2 Å². The van der Waals surface area contributed by atoms with Crippen LogP contribution >= 0.6 is 0 Å². The molecule has 1 aromatic carbocycles. The summed E-state index contributed by atoms with van der Waals surface area (Å²) in [4.78, 5) is 38.2. The number of amides is 2. The number of nitrogens with one attached hydrogen (secondary N) is 2. The Morgan fingerprint density at radius 2 is 1.89 bits per heavy atom. The minimum Gasteiger partial charge on any atom is -0.444 e. The Kier molecular flexibility index (Phi) is 10.7. The summed E-state index contributed by atoms with van der Waals surface area (Å²) in [6, 6.07) is 10.4. The molecular weight excluding hydrogens is 554 g/mol. The summed E-state index contributed by atoms with van der Waals surface area (Å²) in [7, 11) is 0.